The molecular formula is C34H23NO4. The summed E-state index contributed by atoms with van der Waals surface area (Å²) in [7, 11) is 3.32. The van der Waals surface area contributed by atoms with Gasteiger partial charge in [-0.2, -0.15) is 0 Å². The Labute approximate surface area is 225 Å². The van der Waals surface area contributed by atoms with Crippen LogP contribution < -0.4 is 19.1 Å². The topological polar surface area (TPSA) is 48.0 Å². The van der Waals surface area contributed by atoms with Crippen LogP contribution in [-0.4, -0.2) is 20.0 Å². The predicted octanol–water partition coefficient (Wildman–Crippen LogP) is 7.52. The summed E-state index contributed by atoms with van der Waals surface area (Å²) in [5.41, 5.74) is 7.54. The van der Waals surface area contributed by atoms with Gasteiger partial charge in [0.2, 0.25) is 0 Å². The Morgan fingerprint density at radius 2 is 1.23 bits per heavy atom. The van der Waals surface area contributed by atoms with E-state index in [1.54, 1.807) is 14.2 Å². The molecule has 1 spiro atoms. The van der Waals surface area contributed by atoms with Crippen molar-refractivity contribution in [3.63, 3.8) is 0 Å². The van der Waals surface area contributed by atoms with Gasteiger partial charge in [0.25, 0.3) is 0 Å². The summed E-state index contributed by atoms with van der Waals surface area (Å²) in [6.07, 6.45) is 0. The first-order valence-electron chi connectivity index (χ1n) is 12.9. The summed E-state index contributed by atoms with van der Waals surface area (Å²) in [6, 6.07) is 34.4. The molecule has 0 amide bonds. The Hall–Kier alpha value is -5.03. The van der Waals surface area contributed by atoms with Crippen molar-refractivity contribution in [3.05, 3.63) is 137 Å². The van der Waals surface area contributed by atoms with Crippen LogP contribution in [0.2, 0.25) is 0 Å². The number of benzene rings is 5. The van der Waals surface area contributed by atoms with Crippen LogP contribution in [-0.2, 0) is 5.41 Å². The van der Waals surface area contributed by atoms with Gasteiger partial charge in [-0.3, -0.25) is 4.79 Å². The minimum Gasteiger partial charge on any atom is -0.497 e. The minimum atomic E-state index is -0.764. The molecule has 0 unspecified atom stereocenters. The number of anilines is 3. The predicted molar refractivity (Wildman–Crippen MR) is 150 cm³/mol. The van der Waals surface area contributed by atoms with E-state index in [-0.39, 0.29) is 5.78 Å². The first kappa shape index (κ1) is 22.0. The molecule has 0 atom stereocenters. The summed E-state index contributed by atoms with van der Waals surface area (Å²) in [5, 5.41) is 0. The fourth-order valence-electron chi connectivity index (χ4n) is 6.69. The number of ketones is 1. The third-order valence-electron chi connectivity index (χ3n) is 8.24. The minimum absolute atomic E-state index is 0.0391. The standard InChI is InChI=1S/C34H23NO4/c1-37-20-15-16-29-30(18-20)39-31-19-21(38-2)17-27-32(31)35(29)28-14-8-7-13-26(28)34(27)24-11-5-3-9-22(24)33(36)23-10-4-6-12-25(23)34/h3-19H,1-2H3. The normalized spacial score (nSPS) is 14.8. The van der Waals surface area contributed by atoms with Crippen molar-refractivity contribution in [1.29, 1.82) is 0 Å². The number of ether oxygens (including phenoxy) is 3. The second-order valence-electron chi connectivity index (χ2n) is 9.98. The molecule has 5 aromatic carbocycles. The van der Waals surface area contributed by atoms with E-state index in [0.717, 1.165) is 45.1 Å². The molecular weight excluding hydrogens is 486 g/mol. The zero-order chi connectivity index (χ0) is 26.3. The van der Waals surface area contributed by atoms with Gasteiger partial charge in [-0.1, -0.05) is 66.7 Å². The summed E-state index contributed by atoms with van der Waals surface area (Å²) >= 11 is 0. The average molecular weight is 510 g/mol. The molecule has 0 saturated carbocycles. The van der Waals surface area contributed by atoms with E-state index >= 15 is 0 Å². The fraction of sp³-hybridized carbons (Fsp3) is 0.0882. The molecule has 0 N–H and O–H groups in total. The van der Waals surface area contributed by atoms with Gasteiger partial charge < -0.3 is 19.1 Å². The van der Waals surface area contributed by atoms with Crippen LogP contribution in [0.15, 0.2) is 103 Å². The summed E-state index contributed by atoms with van der Waals surface area (Å²) < 4.78 is 17.9. The molecule has 5 nitrogen and oxygen atoms in total. The SMILES string of the molecule is COc1ccc2c(c1)Oc1cc(OC)cc3c1N2c1ccccc1C31c2ccccc2C(=O)c2ccccc21. The largest absolute Gasteiger partial charge is 0.497 e. The van der Waals surface area contributed by atoms with Crippen molar-refractivity contribution in [1.82, 2.24) is 0 Å². The lowest BCUT2D eigenvalue weighted by atomic mass is 9.57. The lowest BCUT2D eigenvalue weighted by Crippen LogP contribution is -2.42. The monoisotopic (exact) mass is 509 g/mol. The van der Waals surface area contributed by atoms with Crippen LogP contribution >= 0.6 is 0 Å². The zero-order valence-corrected chi connectivity index (χ0v) is 21.4. The number of nitrogens with zero attached hydrogens (tertiary/aromatic N) is 1. The van der Waals surface area contributed by atoms with E-state index in [9.17, 15) is 4.79 Å². The Morgan fingerprint density at radius 1 is 0.615 bits per heavy atom. The van der Waals surface area contributed by atoms with Crippen LogP contribution in [0.3, 0.4) is 0 Å². The quantitative estimate of drug-likeness (QED) is 0.241. The van der Waals surface area contributed by atoms with E-state index in [1.807, 2.05) is 60.7 Å². The Morgan fingerprint density at radius 3 is 1.92 bits per heavy atom. The highest BCUT2D eigenvalue weighted by Crippen LogP contribution is 2.65. The highest BCUT2D eigenvalue weighted by molar-refractivity contribution is 6.15. The van der Waals surface area contributed by atoms with Crippen LogP contribution in [0.25, 0.3) is 0 Å². The van der Waals surface area contributed by atoms with E-state index in [1.165, 1.54) is 0 Å². The Kier molecular flexibility index (Phi) is 4.37. The molecule has 0 fully saturated rings. The maximum atomic E-state index is 13.8. The van der Waals surface area contributed by atoms with Crippen molar-refractivity contribution < 1.29 is 19.0 Å². The average Bonchev–Trinajstić information content (AvgIpc) is 3.00. The van der Waals surface area contributed by atoms with E-state index in [0.29, 0.717) is 28.4 Å². The van der Waals surface area contributed by atoms with Crippen LogP contribution in [0.5, 0.6) is 23.0 Å². The van der Waals surface area contributed by atoms with Gasteiger partial charge in [0.05, 0.1) is 36.7 Å². The number of hydrogen-bond donors (Lipinski definition) is 0. The molecule has 5 aromatic rings. The summed E-state index contributed by atoms with van der Waals surface area (Å²) in [4.78, 5) is 16.1. The van der Waals surface area contributed by atoms with E-state index in [4.69, 9.17) is 14.2 Å². The van der Waals surface area contributed by atoms with Crippen molar-refractivity contribution >= 4 is 22.8 Å². The number of fused-ring (bicyclic) bond motifs is 10. The van der Waals surface area contributed by atoms with Crippen molar-refractivity contribution in [3.8, 4) is 23.0 Å². The van der Waals surface area contributed by atoms with E-state index in [2.05, 4.69) is 47.4 Å². The maximum Gasteiger partial charge on any atom is 0.193 e. The van der Waals surface area contributed by atoms with Gasteiger partial charge in [-0.25, -0.2) is 0 Å². The van der Waals surface area contributed by atoms with Gasteiger partial charge in [0, 0.05) is 28.8 Å². The smallest absolute Gasteiger partial charge is 0.193 e. The zero-order valence-electron chi connectivity index (χ0n) is 21.4. The number of rotatable bonds is 2. The maximum absolute atomic E-state index is 13.8. The fourth-order valence-corrected chi connectivity index (χ4v) is 6.69. The molecule has 0 aromatic heterocycles. The molecule has 2 heterocycles. The molecule has 0 bridgehead atoms. The molecule has 1 aliphatic carbocycles. The summed E-state index contributed by atoms with van der Waals surface area (Å²) in [5.74, 6) is 2.82. The molecule has 8 rings (SSSR count). The number of hydrogen-bond acceptors (Lipinski definition) is 5. The molecule has 5 heteroatoms. The molecule has 3 aliphatic rings. The second-order valence-corrected chi connectivity index (χ2v) is 9.98. The Balaban J connectivity index is 1.58. The molecule has 0 radical (unpaired) electrons. The number of carbonyl (C=O) groups is 1. The van der Waals surface area contributed by atoms with Crippen LogP contribution in [0.4, 0.5) is 17.1 Å². The van der Waals surface area contributed by atoms with Crippen molar-refractivity contribution in [2.24, 2.45) is 0 Å². The van der Waals surface area contributed by atoms with Gasteiger partial charge in [-0.05, 0) is 41.0 Å². The van der Waals surface area contributed by atoms with Gasteiger partial charge in [0.1, 0.15) is 11.5 Å². The lowest BCUT2D eigenvalue weighted by Gasteiger charge is -2.50. The number of methoxy groups -OCH3 is 2. The molecule has 0 saturated heterocycles. The van der Waals surface area contributed by atoms with Gasteiger partial charge in [-0.15, -0.1) is 0 Å². The molecule has 2 aliphatic heterocycles. The number of para-hydroxylation sites is 1. The first-order chi connectivity index (χ1) is 19.2. The van der Waals surface area contributed by atoms with Crippen LogP contribution in [0.1, 0.15) is 38.2 Å². The number of carbonyl (C=O) groups excluding carboxylic acids is 1. The van der Waals surface area contributed by atoms with Crippen molar-refractivity contribution in [2.75, 3.05) is 19.1 Å². The van der Waals surface area contributed by atoms with Gasteiger partial charge >= 0.3 is 0 Å². The van der Waals surface area contributed by atoms with Crippen molar-refractivity contribution in [2.45, 2.75) is 5.41 Å². The Bertz CT molecular complexity index is 1810. The van der Waals surface area contributed by atoms with Crippen LogP contribution in [0, 0.1) is 0 Å². The van der Waals surface area contributed by atoms with Gasteiger partial charge in [0.15, 0.2) is 17.3 Å². The highest BCUT2D eigenvalue weighted by atomic mass is 16.5. The highest BCUT2D eigenvalue weighted by Gasteiger charge is 2.53. The first-order valence-corrected chi connectivity index (χ1v) is 12.9. The third kappa shape index (κ3) is 2.66. The third-order valence-corrected chi connectivity index (χ3v) is 8.24. The van der Waals surface area contributed by atoms with E-state index < -0.39 is 5.41 Å². The molecule has 188 valence electrons. The summed E-state index contributed by atoms with van der Waals surface area (Å²) in [6.45, 7) is 0. The second kappa shape index (κ2) is 7.74. The molecule has 39 heavy (non-hydrogen) atoms. The lowest BCUT2D eigenvalue weighted by molar-refractivity contribution is 0.103.